The predicted octanol–water partition coefficient (Wildman–Crippen LogP) is 3.13. The largest absolute Gasteiger partial charge is 0.469 e. The van der Waals surface area contributed by atoms with Crippen molar-refractivity contribution >= 4 is 17.5 Å². The average Bonchev–Trinajstić information content (AvgIpc) is 3.52. The van der Waals surface area contributed by atoms with Crippen molar-refractivity contribution in [3.63, 3.8) is 0 Å². The lowest BCUT2D eigenvalue weighted by molar-refractivity contribution is -0.159. The zero-order chi connectivity index (χ0) is 21.2. The summed E-state index contributed by atoms with van der Waals surface area (Å²) in [6.07, 6.45) is 7.48. The molecule has 7 nitrogen and oxygen atoms in total. The van der Waals surface area contributed by atoms with Crippen LogP contribution in [0.4, 0.5) is 11.5 Å². The number of rotatable bonds is 6. The lowest BCUT2D eigenvalue weighted by Crippen LogP contribution is -2.39. The number of ether oxygens (including phenoxy) is 2. The van der Waals surface area contributed by atoms with E-state index in [1.165, 1.54) is 45.9 Å². The van der Waals surface area contributed by atoms with Gasteiger partial charge in [0.15, 0.2) is 0 Å². The van der Waals surface area contributed by atoms with Gasteiger partial charge in [0.1, 0.15) is 5.82 Å². The molecule has 0 bridgehead atoms. The molecule has 30 heavy (non-hydrogen) atoms. The second-order valence-corrected chi connectivity index (χ2v) is 8.51. The molecule has 0 saturated carbocycles. The topological polar surface area (TPSA) is 75.7 Å². The fourth-order valence-corrected chi connectivity index (χ4v) is 4.45. The lowest BCUT2D eigenvalue weighted by Gasteiger charge is -2.34. The van der Waals surface area contributed by atoms with Crippen LogP contribution in [0.1, 0.15) is 50.6 Å². The average molecular weight is 419 g/mol. The number of nitrogens with one attached hydrogen (secondary N) is 2. The second-order valence-electron chi connectivity index (χ2n) is 8.51. The molecule has 0 spiro atoms. The highest BCUT2D eigenvalue weighted by atomic mass is 16.5. The second kappa shape index (κ2) is 11.5. The van der Waals surface area contributed by atoms with Crippen molar-refractivity contribution < 1.29 is 14.3 Å². The van der Waals surface area contributed by atoms with Crippen LogP contribution in [0.3, 0.4) is 0 Å². The van der Waals surface area contributed by atoms with Gasteiger partial charge in [0.2, 0.25) is 0 Å². The Morgan fingerprint density at radius 2 is 1.90 bits per heavy atom. The summed E-state index contributed by atoms with van der Waals surface area (Å²) in [6.45, 7) is 8.71. The molecular formula is C23H38N4O3. The number of anilines is 2. The standard InChI is InChI=1S/C19H29N3O3.C4H9N/c1-15-16(5-6-17(21-15)22-11-3-4-12-22)20-10-7-19(18(23)24-2)8-13-25-14-9-19;1-2-4-5-3-1/h5-6,20H,3-4,7-14H2,1-2H3;5H,1-4H2. The monoisotopic (exact) mass is 418 g/mol. The summed E-state index contributed by atoms with van der Waals surface area (Å²) in [5, 5.41) is 6.67. The van der Waals surface area contributed by atoms with E-state index >= 15 is 0 Å². The summed E-state index contributed by atoms with van der Waals surface area (Å²) >= 11 is 0. The molecule has 0 amide bonds. The lowest BCUT2D eigenvalue weighted by atomic mass is 9.77. The molecule has 0 atom stereocenters. The minimum absolute atomic E-state index is 0.114. The first kappa shape index (κ1) is 22.8. The van der Waals surface area contributed by atoms with Crippen LogP contribution in [0.25, 0.3) is 0 Å². The van der Waals surface area contributed by atoms with Gasteiger partial charge < -0.3 is 25.0 Å². The molecule has 1 aromatic rings. The van der Waals surface area contributed by atoms with Crippen LogP contribution in [0.15, 0.2) is 12.1 Å². The van der Waals surface area contributed by atoms with Gasteiger partial charge in [-0.05, 0) is 77.1 Å². The van der Waals surface area contributed by atoms with Crippen LogP contribution < -0.4 is 15.5 Å². The summed E-state index contributed by atoms with van der Waals surface area (Å²) in [7, 11) is 1.47. The van der Waals surface area contributed by atoms with Crippen LogP contribution in [0, 0.1) is 12.3 Å². The number of aromatic nitrogens is 1. The normalized spacial score (nSPS) is 20.4. The molecule has 3 fully saturated rings. The summed E-state index contributed by atoms with van der Waals surface area (Å²) in [5.41, 5.74) is 1.62. The number of pyridine rings is 1. The molecule has 1 aromatic heterocycles. The Morgan fingerprint density at radius 3 is 2.47 bits per heavy atom. The van der Waals surface area contributed by atoms with Crippen molar-refractivity contribution in [1.29, 1.82) is 0 Å². The zero-order valence-electron chi connectivity index (χ0n) is 18.7. The Labute approximate surface area is 180 Å². The maximum absolute atomic E-state index is 12.3. The highest BCUT2D eigenvalue weighted by Crippen LogP contribution is 2.35. The molecule has 0 radical (unpaired) electrons. The van der Waals surface area contributed by atoms with E-state index in [2.05, 4.69) is 27.7 Å². The Bertz CT molecular complexity index is 659. The third kappa shape index (κ3) is 6.08. The maximum Gasteiger partial charge on any atom is 0.312 e. The van der Waals surface area contributed by atoms with Gasteiger partial charge >= 0.3 is 5.97 Å². The maximum atomic E-state index is 12.3. The first-order valence-electron chi connectivity index (χ1n) is 11.5. The summed E-state index contributed by atoms with van der Waals surface area (Å²) in [5.74, 6) is 0.952. The van der Waals surface area contributed by atoms with Gasteiger partial charge in [-0.25, -0.2) is 4.98 Å². The number of hydrogen-bond donors (Lipinski definition) is 2. The molecule has 0 unspecified atom stereocenters. The quantitative estimate of drug-likeness (QED) is 0.688. The van der Waals surface area contributed by atoms with E-state index < -0.39 is 5.41 Å². The Kier molecular flexibility index (Phi) is 8.75. The van der Waals surface area contributed by atoms with Crippen molar-refractivity contribution in [3.05, 3.63) is 17.8 Å². The molecule has 4 rings (SSSR count). The van der Waals surface area contributed by atoms with E-state index in [-0.39, 0.29) is 5.97 Å². The van der Waals surface area contributed by atoms with Crippen LogP contribution >= 0.6 is 0 Å². The van der Waals surface area contributed by atoms with Gasteiger partial charge in [0.25, 0.3) is 0 Å². The SMILES string of the molecule is C1CCNC1.COC(=O)C1(CCNc2ccc(N3CCCC3)nc2C)CCOCC1. The number of esters is 1. The molecule has 3 saturated heterocycles. The minimum Gasteiger partial charge on any atom is -0.469 e. The van der Waals surface area contributed by atoms with E-state index in [0.717, 1.165) is 56.1 Å². The van der Waals surface area contributed by atoms with Crippen molar-refractivity contribution in [3.8, 4) is 0 Å². The van der Waals surface area contributed by atoms with Crippen molar-refractivity contribution in [2.24, 2.45) is 5.41 Å². The summed E-state index contributed by atoms with van der Waals surface area (Å²) < 4.78 is 10.5. The van der Waals surface area contributed by atoms with E-state index in [1.807, 2.05) is 6.92 Å². The zero-order valence-corrected chi connectivity index (χ0v) is 18.7. The van der Waals surface area contributed by atoms with Gasteiger partial charge in [-0.15, -0.1) is 0 Å². The first-order chi connectivity index (χ1) is 14.6. The Hall–Kier alpha value is -1.86. The van der Waals surface area contributed by atoms with E-state index in [0.29, 0.717) is 13.2 Å². The molecule has 3 aliphatic rings. The molecule has 0 aromatic carbocycles. The van der Waals surface area contributed by atoms with Crippen molar-refractivity contribution in [2.45, 2.75) is 51.9 Å². The fourth-order valence-electron chi connectivity index (χ4n) is 4.45. The minimum atomic E-state index is -0.420. The number of carbonyl (C=O) groups excluding carboxylic acids is 1. The van der Waals surface area contributed by atoms with Gasteiger partial charge in [-0.2, -0.15) is 0 Å². The van der Waals surface area contributed by atoms with Crippen molar-refractivity contribution in [1.82, 2.24) is 10.3 Å². The first-order valence-corrected chi connectivity index (χ1v) is 11.5. The predicted molar refractivity (Wildman–Crippen MR) is 120 cm³/mol. The number of methoxy groups -OCH3 is 1. The van der Waals surface area contributed by atoms with Crippen molar-refractivity contribution in [2.75, 3.05) is 63.3 Å². The third-order valence-electron chi connectivity index (χ3n) is 6.45. The molecule has 3 aliphatic heterocycles. The molecule has 2 N–H and O–H groups in total. The van der Waals surface area contributed by atoms with Crippen LogP contribution in [0.5, 0.6) is 0 Å². The Morgan fingerprint density at radius 1 is 1.20 bits per heavy atom. The molecule has 4 heterocycles. The number of hydrogen-bond acceptors (Lipinski definition) is 7. The van der Waals surface area contributed by atoms with E-state index in [1.54, 1.807) is 0 Å². The van der Waals surface area contributed by atoms with Gasteiger partial charge in [-0.3, -0.25) is 4.79 Å². The third-order valence-corrected chi connectivity index (χ3v) is 6.45. The highest BCUT2D eigenvalue weighted by Gasteiger charge is 2.40. The molecule has 0 aliphatic carbocycles. The van der Waals surface area contributed by atoms with Crippen LogP contribution in [0.2, 0.25) is 0 Å². The van der Waals surface area contributed by atoms with Gasteiger partial charge in [0.05, 0.1) is 23.9 Å². The van der Waals surface area contributed by atoms with Gasteiger partial charge in [-0.1, -0.05) is 0 Å². The van der Waals surface area contributed by atoms with Crippen LogP contribution in [-0.2, 0) is 14.3 Å². The fraction of sp³-hybridized carbons (Fsp3) is 0.739. The smallest absolute Gasteiger partial charge is 0.312 e. The molecular weight excluding hydrogens is 380 g/mol. The Balaban J connectivity index is 0.000000448. The summed E-state index contributed by atoms with van der Waals surface area (Å²) in [4.78, 5) is 19.3. The van der Waals surface area contributed by atoms with E-state index in [9.17, 15) is 4.79 Å². The van der Waals surface area contributed by atoms with Gasteiger partial charge in [0, 0.05) is 32.8 Å². The highest BCUT2D eigenvalue weighted by molar-refractivity contribution is 5.77. The number of nitrogens with zero attached hydrogens (tertiary/aromatic N) is 2. The number of aryl methyl sites for hydroxylation is 1. The molecule has 168 valence electrons. The molecule has 7 heteroatoms. The summed E-state index contributed by atoms with van der Waals surface area (Å²) in [6, 6.07) is 4.19. The van der Waals surface area contributed by atoms with E-state index in [4.69, 9.17) is 14.5 Å². The number of carbonyl (C=O) groups is 1. The van der Waals surface area contributed by atoms with Crippen LogP contribution in [-0.4, -0.2) is 64.0 Å².